The Kier molecular flexibility index (Phi) is 6.20. The molecule has 2 aromatic heterocycles. The summed E-state index contributed by atoms with van der Waals surface area (Å²) in [6.45, 7) is 0. The van der Waals surface area contributed by atoms with Crippen LogP contribution in [0, 0.1) is 12.1 Å². The maximum Gasteiger partial charge on any atom is 2.00 e. The van der Waals surface area contributed by atoms with Crippen LogP contribution in [0.25, 0.3) is 44.1 Å². The van der Waals surface area contributed by atoms with Crippen LogP contribution >= 0.6 is 0 Å². The number of rotatable bonds is 4. The zero-order valence-corrected chi connectivity index (χ0v) is 20.3. The van der Waals surface area contributed by atoms with Gasteiger partial charge in [0.25, 0.3) is 0 Å². The van der Waals surface area contributed by atoms with E-state index in [2.05, 4.69) is 52.4 Å². The molecule has 2 heterocycles. The van der Waals surface area contributed by atoms with E-state index >= 15 is 0 Å². The standard InChI is InChI=1S/C30H18N2O.Pt/c1-2-10-24-20-32-30(18-21(24)8-1)23-11-7-12-25(17-23)33-26-16-22-9-3-4-13-27(22)28(19-26)29-14-5-6-15-31-29;/h1-16,18,20H;/q-2;+2. The summed E-state index contributed by atoms with van der Waals surface area (Å²) in [6, 6.07) is 39.0. The summed E-state index contributed by atoms with van der Waals surface area (Å²) in [7, 11) is 0. The molecule has 6 rings (SSSR count). The molecule has 0 fully saturated rings. The molecule has 0 spiro atoms. The van der Waals surface area contributed by atoms with E-state index in [1.165, 1.54) is 0 Å². The van der Waals surface area contributed by atoms with Crippen molar-refractivity contribution >= 4 is 21.5 Å². The molecule has 34 heavy (non-hydrogen) atoms. The van der Waals surface area contributed by atoms with Gasteiger partial charge in [0, 0.05) is 23.9 Å². The summed E-state index contributed by atoms with van der Waals surface area (Å²) in [4.78, 5) is 9.14. The van der Waals surface area contributed by atoms with E-state index in [0.717, 1.165) is 44.1 Å². The second kappa shape index (κ2) is 9.59. The molecule has 0 unspecified atom stereocenters. The van der Waals surface area contributed by atoms with Gasteiger partial charge in [-0.25, -0.2) is 0 Å². The summed E-state index contributed by atoms with van der Waals surface area (Å²) in [6.07, 6.45) is 3.68. The van der Waals surface area contributed by atoms with E-state index in [1.807, 2.05) is 72.9 Å². The molecule has 0 saturated carbocycles. The topological polar surface area (TPSA) is 35.0 Å². The number of ether oxygens (including phenoxy) is 1. The Balaban J connectivity index is 0.00000241. The van der Waals surface area contributed by atoms with E-state index in [1.54, 1.807) is 6.20 Å². The Labute approximate surface area is 212 Å². The number of pyridine rings is 2. The molecule has 0 atom stereocenters. The maximum absolute atomic E-state index is 6.23. The fraction of sp³-hybridized carbons (Fsp3) is 0. The molecule has 4 heteroatoms. The number of fused-ring (bicyclic) bond motifs is 2. The first-order valence-electron chi connectivity index (χ1n) is 10.8. The zero-order valence-electron chi connectivity index (χ0n) is 18.0. The molecule has 0 amide bonds. The van der Waals surface area contributed by atoms with Crippen LogP contribution < -0.4 is 4.74 Å². The summed E-state index contributed by atoms with van der Waals surface area (Å²) >= 11 is 0. The molecule has 0 aliphatic carbocycles. The number of nitrogens with zero attached hydrogens (tertiary/aromatic N) is 2. The molecule has 6 aromatic rings. The van der Waals surface area contributed by atoms with Gasteiger partial charge >= 0.3 is 21.1 Å². The molecule has 0 aliphatic rings. The van der Waals surface area contributed by atoms with Crippen LogP contribution in [0.2, 0.25) is 0 Å². The number of hydrogen-bond acceptors (Lipinski definition) is 3. The van der Waals surface area contributed by atoms with Crippen molar-refractivity contribution in [2.75, 3.05) is 0 Å². The van der Waals surface area contributed by atoms with Crippen molar-refractivity contribution in [2.24, 2.45) is 0 Å². The Hall–Kier alpha value is -3.81. The quantitative estimate of drug-likeness (QED) is 0.192. The Morgan fingerprint density at radius 3 is 2.24 bits per heavy atom. The van der Waals surface area contributed by atoms with Gasteiger partial charge in [0.05, 0.1) is 0 Å². The molecule has 0 aliphatic heterocycles. The maximum atomic E-state index is 6.23. The second-order valence-corrected chi connectivity index (χ2v) is 7.76. The Bertz CT molecular complexity index is 1600. The minimum atomic E-state index is 0. The van der Waals surface area contributed by atoms with E-state index in [-0.39, 0.29) is 21.1 Å². The van der Waals surface area contributed by atoms with E-state index in [0.29, 0.717) is 11.5 Å². The molecule has 164 valence electrons. The summed E-state index contributed by atoms with van der Waals surface area (Å²) in [5.74, 6) is 1.23. The fourth-order valence-corrected chi connectivity index (χ4v) is 3.99. The third kappa shape index (κ3) is 4.35. The molecule has 0 saturated heterocycles. The van der Waals surface area contributed by atoms with Crippen molar-refractivity contribution in [3.8, 4) is 34.0 Å². The van der Waals surface area contributed by atoms with E-state index < -0.39 is 0 Å². The van der Waals surface area contributed by atoms with Crippen molar-refractivity contribution in [1.82, 2.24) is 9.97 Å². The minimum absolute atomic E-state index is 0. The second-order valence-electron chi connectivity index (χ2n) is 7.76. The average Bonchev–Trinajstić information content (AvgIpc) is 2.88. The molecule has 0 bridgehead atoms. The van der Waals surface area contributed by atoms with Crippen molar-refractivity contribution in [3.05, 3.63) is 122 Å². The molecule has 0 N–H and O–H groups in total. The first-order valence-corrected chi connectivity index (χ1v) is 10.8. The molecule has 3 nitrogen and oxygen atoms in total. The average molecular weight is 618 g/mol. The van der Waals surface area contributed by atoms with Crippen LogP contribution in [0.1, 0.15) is 0 Å². The molecular weight excluding hydrogens is 599 g/mol. The van der Waals surface area contributed by atoms with Crippen molar-refractivity contribution in [2.45, 2.75) is 0 Å². The monoisotopic (exact) mass is 617 g/mol. The summed E-state index contributed by atoms with van der Waals surface area (Å²) < 4.78 is 6.23. The predicted molar refractivity (Wildman–Crippen MR) is 132 cm³/mol. The van der Waals surface area contributed by atoms with E-state index in [4.69, 9.17) is 4.74 Å². The smallest absolute Gasteiger partial charge is 0.497 e. The summed E-state index contributed by atoms with van der Waals surface area (Å²) in [5, 5.41) is 4.41. The number of aromatic nitrogens is 2. The molecule has 0 radical (unpaired) electrons. The minimum Gasteiger partial charge on any atom is -0.497 e. The first kappa shape index (κ1) is 22.0. The Morgan fingerprint density at radius 1 is 0.588 bits per heavy atom. The van der Waals surface area contributed by atoms with Gasteiger partial charge in [0.2, 0.25) is 0 Å². The van der Waals surface area contributed by atoms with Crippen LogP contribution in [0.15, 0.2) is 109 Å². The van der Waals surface area contributed by atoms with Crippen LogP contribution in [0.4, 0.5) is 0 Å². The zero-order chi connectivity index (χ0) is 22.0. The third-order valence-electron chi connectivity index (χ3n) is 5.58. The first-order chi connectivity index (χ1) is 16.3. The third-order valence-corrected chi connectivity index (χ3v) is 5.58. The fourth-order valence-electron chi connectivity index (χ4n) is 3.99. The molecule has 4 aromatic carbocycles. The Morgan fingerprint density at radius 2 is 1.38 bits per heavy atom. The van der Waals surface area contributed by atoms with Gasteiger partial charge in [-0.3, -0.25) is 0 Å². The van der Waals surface area contributed by atoms with Crippen LogP contribution in [0.3, 0.4) is 0 Å². The normalized spacial score (nSPS) is 10.7. The van der Waals surface area contributed by atoms with Crippen LogP contribution in [0.5, 0.6) is 11.5 Å². The molecular formula is C30H18N2OPt. The van der Waals surface area contributed by atoms with Gasteiger partial charge in [-0.15, -0.1) is 29.3 Å². The number of benzene rings is 4. The largest absolute Gasteiger partial charge is 2.00 e. The van der Waals surface area contributed by atoms with E-state index in [9.17, 15) is 0 Å². The van der Waals surface area contributed by atoms with Gasteiger partial charge in [-0.05, 0) is 28.2 Å². The van der Waals surface area contributed by atoms with Crippen molar-refractivity contribution in [3.63, 3.8) is 0 Å². The van der Waals surface area contributed by atoms with Gasteiger partial charge < -0.3 is 14.7 Å². The number of hydrogen-bond donors (Lipinski definition) is 0. The SMILES string of the molecule is [Pt+2].[c-]1c(Oc2[c-]c(-c3ccccn3)c3ccccc3c2)cccc1-c1cc2ccccc2cn1. The van der Waals surface area contributed by atoms with Gasteiger partial charge in [0.1, 0.15) is 0 Å². The summed E-state index contributed by atoms with van der Waals surface area (Å²) in [5.41, 5.74) is 3.51. The van der Waals surface area contributed by atoms with Crippen LogP contribution in [-0.4, -0.2) is 9.97 Å². The van der Waals surface area contributed by atoms with Crippen LogP contribution in [-0.2, 0) is 21.1 Å². The van der Waals surface area contributed by atoms with Crippen molar-refractivity contribution in [1.29, 1.82) is 0 Å². The predicted octanol–water partition coefficient (Wildman–Crippen LogP) is 7.51. The van der Waals surface area contributed by atoms with Gasteiger partial charge in [0.15, 0.2) is 0 Å². The van der Waals surface area contributed by atoms with Gasteiger partial charge in [-0.1, -0.05) is 95.7 Å². The van der Waals surface area contributed by atoms with Gasteiger partial charge in [-0.2, -0.15) is 0 Å². The van der Waals surface area contributed by atoms with Crippen molar-refractivity contribution < 1.29 is 25.8 Å².